The highest BCUT2D eigenvalue weighted by molar-refractivity contribution is 6.03. The molecule has 0 saturated carbocycles. The number of nitrogens with zero attached hydrogens (tertiary/aromatic N) is 6. The summed E-state index contributed by atoms with van der Waals surface area (Å²) >= 11 is 0. The van der Waals surface area contributed by atoms with E-state index in [2.05, 4.69) is 30.8 Å². The minimum atomic E-state index is -0.226. The van der Waals surface area contributed by atoms with Gasteiger partial charge in [-0.25, -0.2) is 9.67 Å². The van der Waals surface area contributed by atoms with Crippen LogP contribution in [0.3, 0.4) is 0 Å². The SMILES string of the molecule is Cc1ccc(-c2nnnn2C)cc1-c1cnc(NC(=O)c2ccccc2)cn1. The van der Waals surface area contributed by atoms with Crippen molar-refractivity contribution < 1.29 is 4.79 Å². The van der Waals surface area contributed by atoms with Crippen molar-refractivity contribution in [1.29, 1.82) is 0 Å². The Hall–Kier alpha value is -3.94. The Morgan fingerprint density at radius 2 is 1.86 bits per heavy atom. The van der Waals surface area contributed by atoms with Gasteiger partial charge in [0.25, 0.3) is 5.91 Å². The molecule has 2 aromatic heterocycles. The Kier molecular flexibility index (Phi) is 4.59. The molecule has 0 radical (unpaired) electrons. The van der Waals surface area contributed by atoms with Gasteiger partial charge in [-0.15, -0.1) is 5.10 Å². The van der Waals surface area contributed by atoms with E-state index in [1.165, 1.54) is 0 Å². The fourth-order valence-electron chi connectivity index (χ4n) is 2.82. The van der Waals surface area contributed by atoms with E-state index in [9.17, 15) is 4.79 Å². The lowest BCUT2D eigenvalue weighted by Gasteiger charge is -2.09. The van der Waals surface area contributed by atoms with E-state index in [0.29, 0.717) is 22.9 Å². The Balaban J connectivity index is 1.59. The molecule has 0 unspecified atom stereocenters. The Bertz CT molecular complexity index is 1120. The number of carbonyl (C=O) groups is 1. The van der Waals surface area contributed by atoms with Gasteiger partial charge in [-0.3, -0.25) is 9.78 Å². The number of carbonyl (C=O) groups excluding carboxylic acids is 1. The molecule has 1 amide bonds. The third-order valence-corrected chi connectivity index (χ3v) is 4.32. The molecule has 138 valence electrons. The van der Waals surface area contributed by atoms with Crippen molar-refractivity contribution in [2.24, 2.45) is 7.05 Å². The van der Waals surface area contributed by atoms with E-state index in [0.717, 1.165) is 16.7 Å². The summed E-state index contributed by atoms with van der Waals surface area (Å²) in [7, 11) is 1.79. The summed E-state index contributed by atoms with van der Waals surface area (Å²) in [6, 6.07) is 14.9. The minimum Gasteiger partial charge on any atom is -0.305 e. The van der Waals surface area contributed by atoms with Crippen LogP contribution in [0.25, 0.3) is 22.6 Å². The molecule has 0 fully saturated rings. The highest BCUT2D eigenvalue weighted by Crippen LogP contribution is 2.26. The molecule has 0 saturated heterocycles. The molecule has 28 heavy (non-hydrogen) atoms. The molecule has 0 bridgehead atoms. The van der Waals surface area contributed by atoms with Crippen LogP contribution in [0.5, 0.6) is 0 Å². The third-order valence-electron chi connectivity index (χ3n) is 4.32. The van der Waals surface area contributed by atoms with Crippen molar-refractivity contribution >= 4 is 11.7 Å². The molecule has 0 aliphatic heterocycles. The van der Waals surface area contributed by atoms with Crippen LogP contribution in [0.2, 0.25) is 0 Å². The van der Waals surface area contributed by atoms with Gasteiger partial charge in [0.1, 0.15) is 0 Å². The van der Waals surface area contributed by atoms with Crippen LogP contribution in [-0.2, 0) is 7.05 Å². The molecule has 8 heteroatoms. The fraction of sp³-hybridized carbons (Fsp3) is 0.100. The molecule has 2 heterocycles. The lowest BCUT2D eigenvalue weighted by atomic mass is 10.0. The van der Waals surface area contributed by atoms with Gasteiger partial charge in [0.15, 0.2) is 11.6 Å². The number of tetrazole rings is 1. The van der Waals surface area contributed by atoms with Gasteiger partial charge in [-0.1, -0.05) is 30.3 Å². The first-order chi connectivity index (χ1) is 13.6. The first-order valence-corrected chi connectivity index (χ1v) is 8.64. The maximum Gasteiger partial charge on any atom is 0.256 e. The summed E-state index contributed by atoms with van der Waals surface area (Å²) in [6.07, 6.45) is 3.19. The summed E-state index contributed by atoms with van der Waals surface area (Å²) in [6.45, 7) is 2.00. The first kappa shape index (κ1) is 17.5. The second kappa shape index (κ2) is 7.36. The van der Waals surface area contributed by atoms with E-state index in [1.807, 2.05) is 43.3 Å². The number of anilines is 1. The van der Waals surface area contributed by atoms with Crippen molar-refractivity contribution in [2.45, 2.75) is 6.92 Å². The Morgan fingerprint density at radius 1 is 1.04 bits per heavy atom. The number of hydrogen-bond acceptors (Lipinski definition) is 6. The standard InChI is InChI=1S/C20H17N7O/c1-13-8-9-15(19-24-25-26-27(19)2)10-16(13)17-11-22-18(12-21-17)23-20(28)14-6-4-3-5-7-14/h3-12H,1-2H3,(H,22,23,28). The normalized spacial score (nSPS) is 10.6. The molecular formula is C20H17N7O. The Labute approximate surface area is 161 Å². The van der Waals surface area contributed by atoms with Gasteiger partial charge in [0.05, 0.1) is 18.1 Å². The van der Waals surface area contributed by atoms with E-state index >= 15 is 0 Å². The van der Waals surface area contributed by atoms with Crippen LogP contribution in [-0.4, -0.2) is 36.1 Å². The van der Waals surface area contributed by atoms with Crippen LogP contribution in [0.4, 0.5) is 5.82 Å². The van der Waals surface area contributed by atoms with Gasteiger partial charge < -0.3 is 5.32 Å². The van der Waals surface area contributed by atoms with Crippen LogP contribution < -0.4 is 5.32 Å². The van der Waals surface area contributed by atoms with Gasteiger partial charge in [-0.2, -0.15) is 0 Å². The molecule has 2 aromatic carbocycles. The summed E-state index contributed by atoms with van der Waals surface area (Å²) in [5.74, 6) is 0.834. The van der Waals surface area contributed by atoms with Crippen molar-refractivity contribution in [3.05, 3.63) is 72.1 Å². The van der Waals surface area contributed by atoms with Crippen LogP contribution in [0.1, 0.15) is 15.9 Å². The number of rotatable bonds is 4. The van der Waals surface area contributed by atoms with E-state index in [1.54, 1.807) is 36.3 Å². The molecule has 0 spiro atoms. The van der Waals surface area contributed by atoms with Crippen LogP contribution in [0, 0.1) is 6.92 Å². The highest BCUT2D eigenvalue weighted by atomic mass is 16.1. The van der Waals surface area contributed by atoms with Gasteiger partial charge in [0.2, 0.25) is 0 Å². The minimum absolute atomic E-state index is 0.226. The van der Waals surface area contributed by atoms with Crippen LogP contribution >= 0.6 is 0 Å². The monoisotopic (exact) mass is 371 g/mol. The highest BCUT2D eigenvalue weighted by Gasteiger charge is 2.12. The van der Waals surface area contributed by atoms with E-state index in [4.69, 9.17) is 0 Å². The lowest BCUT2D eigenvalue weighted by Crippen LogP contribution is -2.13. The fourth-order valence-corrected chi connectivity index (χ4v) is 2.82. The topological polar surface area (TPSA) is 98.5 Å². The average molecular weight is 371 g/mol. The molecule has 4 aromatic rings. The van der Waals surface area contributed by atoms with Crippen molar-refractivity contribution in [3.8, 4) is 22.6 Å². The Morgan fingerprint density at radius 3 is 2.54 bits per heavy atom. The predicted octanol–water partition coefficient (Wildman–Crippen LogP) is 2.89. The molecule has 0 aliphatic carbocycles. The summed E-state index contributed by atoms with van der Waals surface area (Å²) in [5, 5.41) is 14.3. The third kappa shape index (κ3) is 3.48. The van der Waals surface area contributed by atoms with Crippen molar-refractivity contribution in [3.63, 3.8) is 0 Å². The van der Waals surface area contributed by atoms with Gasteiger partial charge in [0, 0.05) is 23.7 Å². The zero-order valence-electron chi connectivity index (χ0n) is 15.4. The largest absolute Gasteiger partial charge is 0.305 e. The van der Waals surface area contributed by atoms with Gasteiger partial charge >= 0.3 is 0 Å². The molecular weight excluding hydrogens is 354 g/mol. The molecule has 0 atom stereocenters. The number of aryl methyl sites for hydroxylation is 2. The number of aromatic nitrogens is 6. The van der Waals surface area contributed by atoms with Crippen molar-refractivity contribution in [2.75, 3.05) is 5.32 Å². The zero-order valence-corrected chi connectivity index (χ0v) is 15.4. The van der Waals surface area contributed by atoms with E-state index in [-0.39, 0.29) is 5.91 Å². The summed E-state index contributed by atoms with van der Waals surface area (Å²) < 4.78 is 1.61. The second-order valence-corrected chi connectivity index (χ2v) is 6.26. The lowest BCUT2D eigenvalue weighted by molar-refractivity contribution is 0.102. The number of nitrogens with one attached hydrogen (secondary N) is 1. The maximum atomic E-state index is 12.2. The van der Waals surface area contributed by atoms with Crippen molar-refractivity contribution in [1.82, 2.24) is 30.2 Å². The molecule has 1 N–H and O–H groups in total. The summed E-state index contributed by atoms with van der Waals surface area (Å²) in [5.41, 5.74) is 4.13. The molecule has 4 rings (SSSR count). The van der Waals surface area contributed by atoms with Gasteiger partial charge in [-0.05, 0) is 41.1 Å². The molecule has 8 nitrogen and oxygen atoms in total. The van der Waals surface area contributed by atoms with Crippen LogP contribution in [0.15, 0.2) is 60.9 Å². The second-order valence-electron chi connectivity index (χ2n) is 6.26. The maximum absolute atomic E-state index is 12.2. The summed E-state index contributed by atoms with van der Waals surface area (Å²) in [4.78, 5) is 21.0. The first-order valence-electron chi connectivity index (χ1n) is 8.64. The smallest absolute Gasteiger partial charge is 0.256 e. The zero-order chi connectivity index (χ0) is 19.5. The number of amides is 1. The predicted molar refractivity (Wildman–Crippen MR) is 104 cm³/mol. The number of benzene rings is 2. The molecule has 0 aliphatic rings. The average Bonchev–Trinajstić information content (AvgIpc) is 3.16. The quantitative estimate of drug-likeness (QED) is 0.592. The number of hydrogen-bond donors (Lipinski definition) is 1. The van der Waals surface area contributed by atoms with E-state index < -0.39 is 0 Å².